The Kier molecular flexibility index (Phi) is 10.2. The number of hydrogen-bond donors (Lipinski definition) is 0. The molecule has 0 saturated carbocycles. The molecule has 0 aromatic heterocycles. The summed E-state index contributed by atoms with van der Waals surface area (Å²) in [5, 5.41) is 0. The second-order valence-corrected chi connectivity index (χ2v) is 12.7. The van der Waals surface area contributed by atoms with Crippen molar-refractivity contribution in [2.75, 3.05) is 13.7 Å². The van der Waals surface area contributed by atoms with E-state index in [4.69, 9.17) is 33.2 Å². The molecule has 3 heterocycles. The number of carbonyl (C=O) groups excluding carboxylic acids is 5. The number of hydrogen-bond acceptors (Lipinski definition) is 12. The number of ether oxygens (including phenoxy) is 7. The molecule has 3 saturated heterocycles. The molecule has 13 heteroatoms. The minimum atomic E-state index is -1.29. The van der Waals surface area contributed by atoms with Crippen LogP contribution in [0.25, 0.3) is 0 Å². The third-order valence-electron chi connectivity index (χ3n) is 7.15. The van der Waals surface area contributed by atoms with Crippen LogP contribution in [-0.2, 0) is 57.1 Å². The Morgan fingerprint density at radius 1 is 0.780 bits per heavy atom. The molecule has 1 aromatic rings. The molecule has 10 atom stereocenters. The molecule has 0 amide bonds. The maximum atomic E-state index is 13.6. The van der Waals surface area contributed by atoms with Crippen molar-refractivity contribution in [2.45, 2.75) is 87.8 Å². The first-order valence-electron chi connectivity index (χ1n) is 13.2. The van der Waals surface area contributed by atoms with Crippen molar-refractivity contribution >= 4 is 49.1 Å². The molecule has 3 fully saturated rings. The Morgan fingerprint density at radius 3 is 1.93 bits per heavy atom. The number of methoxy groups -OCH3 is 1. The zero-order valence-electron chi connectivity index (χ0n) is 23.4. The van der Waals surface area contributed by atoms with Gasteiger partial charge in [-0.2, -0.15) is 0 Å². The van der Waals surface area contributed by atoms with Crippen LogP contribution in [0, 0.1) is 5.92 Å². The average Bonchev–Trinajstić information content (AvgIpc) is 3.41. The van der Waals surface area contributed by atoms with E-state index in [0.717, 1.165) is 18.3 Å². The summed E-state index contributed by atoms with van der Waals surface area (Å²) in [6.45, 7) is 4.36. The first-order valence-corrected chi connectivity index (χ1v) is 15.1. The van der Waals surface area contributed by atoms with Crippen LogP contribution < -0.4 is 4.46 Å². The summed E-state index contributed by atoms with van der Waals surface area (Å²) < 4.78 is 41.0. The molecule has 0 aliphatic carbocycles. The number of esters is 4. The molecule has 0 unspecified atom stereocenters. The van der Waals surface area contributed by atoms with E-state index in [9.17, 15) is 24.0 Å². The number of benzene rings is 1. The summed E-state index contributed by atoms with van der Waals surface area (Å²) in [6.07, 6.45) is -7.41. The molecular formula is C28H34O12Se. The second kappa shape index (κ2) is 13.4. The van der Waals surface area contributed by atoms with Gasteiger partial charge >= 0.3 is 244 Å². The topological polar surface area (TPSA) is 150 Å². The number of rotatable bonds is 10. The predicted molar refractivity (Wildman–Crippen MR) is 140 cm³/mol. The van der Waals surface area contributed by atoms with Crippen molar-refractivity contribution < 1.29 is 57.1 Å². The van der Waals surface area contributed by atoms with Crippen LogP contribution in [0.3, 0.4) is 0 Å². The van der Waals surface area contributed by atoms with Gasteiger partial charge in [0, 0.05) is 0 Å². The molecule has 4 rings (SSSR count). The van der Waals surface area contributed by atoms with Gasteiger partial charge in [-0.15, -0.1) is 0 Å². The molecule has 0 N–H and O–H groups in total. The Balaban J connectivity index is 1.61. The summed E-state index contributed by atoms with van der Waals surface area (Å²) in [6, 6.07) is 9.85. The number of carbonyl (C=O) groups is 5. The van der Waals surface area contributed by atoms with E-state index in [1.807, 2.05) is 30.3 Å². The molecule has 41 heavy (non-hydrogen) atoms. The van der Waals surface area contributed by atoms with Crippen LogP contribution in [0.5, 0.6) is 0 Å². The summed E-state index contributed by atoms with van der Waals surface area (Å²) in [5.74, 6) is -3.52. The van der Waals surface area contributed by atoms with Gasteiger partial charge in [-0.3, -0.25) is 0 Å². The predicted octanol–water partition coefficient (Wildman–Crippen LogP) is 0.302. The number of fused-ring (bicyclic) bond motifs is 2. The summed E-state index contributed by atoms with van der Waals surface area (Å²) in [5.41, 5.74) is 0. The van der Waals surface area contributed by atoms with E-state index in [0.29, 0.717) is 0 Å². The van der Waals surface area contributed by atoms with Crippen molar-refractivity contribution in [3.8, 4) is 0 Å². The SMILES string of the molecule is CO[C@@H]1[C@H]2O[C@H](C(=O)[C@H]2C[C@H]2O[C@H](COC(C)=O)[C@H](OC(C)=O)[C@H](OC(C)=O)[C@H]2OC(C)=O)[C@H]1[Se]c1ccccc1. The van der Waals surface area contributed by atoms with Crippen molar-refractivity contribution in [2.24, 2.45) is 5.92 Å². The van der Waals surface area contributed by atoms with Gasteiger partial charge in [0.25, 0.3) is 0 Å². The second-order valence-electron chi connectivity index (χ2n) is 10.1. The third kappa shape index (κ3) is 7.15. The van der Waals surface area contributed by atoms with Crippen molar-refractivity contribution in [3.63, 3.8) is 0 Å². The van der Waals surface area contributed by atoms with Gasteiger partial charge in [0.05, 0.1) is 0 Å². The molecule has 3 aliphatic heterocycles. The van der Waals surface area contributed by atoms with E-state index < -0.39 is 72.5 Å². The first-order chi connectivity index (χ1) is 19.5. The van der Waals surface area contributed by atoms with Crippen molar-refractivity contribution in [1.29, 1.82) is 0 Å². The molecule has 3 aliphatic rings. The van der Waals surface area contributed by atoms with E-state index in [1.54, 1.807) is 7.11 Å². The van der Waals surface area contributed by atoms with Crippen LogP contribution in [-0.4, -0.2) is 107 Å². The molecule has 1 aromatic carbocycles. The number of ketones is 1. The van der Waals surface area contributed by atoms with Gasteiger partial charge in [0.1, 0.15) is 0 Å². The fourth-order valence-electron chi connectivity index (χ4n) is 5.67. The van der Waals surface area contributed by atoms with E-state index in [1.165, 1.54) is 13.8 Å². The van der Waals surface area contributed by atoms with Gasteiger partial charge in [-0.1, -0.05) is 0 Å². The van der Waals surface area contributed by atoms with Gasteiger partial charge in [-0.25, -0.2) is 0 Å². The van der Waals surface area contributed by atoms with E-state index in [-0.39, 0.29) is 44.7 Å². The van der Waals surface area contributed by atoms with Crippen LogP contribution in [0.15, 0.2) is 30.3 Å². The first kappa shape index (κ1) is 31.1. The van der Waals surface area contributed by atoms with Gasteiger partial charge in [-0.05, 0) is 0 Å². The molecule has 224 valence electrons. The Bertz CT molecular complexity index is 1140. The average molecular weight is 642 g/mol. The zero-order valence-corrected chi connectivity index (χ0v) is 25.1. The Morgan fingerprint density at radius 2 is 1.37 bits per heavy atom. The van der Waals surface area contributed by atoms with Crippen LogP contribution in [0.2, 0.25) is 4.82 Å². The van der Waals surface area contributed by atoms with Crippen LogP contribution >= 0.6 is 0 Å². The maximum absolute atomic E-state index is 13.6. The standard InChI is InChI=1S/C28H34O12Se/c1-13(29)35-12-20-24(37-15(3)31)26(38-16(4)32)23(36-14(2)30)19(39-20)11-18-21(33)25-28(27(34-5)22(18)40-25)41-17-9-7-6-8-10-17/h6-10,18-20,22-28H,11-12H2,1-5H3/t18-,19-,20-,22+,23+,24+,25-,26-,27-,28-/m1/s1. The molecule has 12 nitrogen and oxygen atoms in total. The monoisotopic (exact) mass is 642 g/mol. The van der Waals surface area contributed by atoms with E-state index >= 15 is 0 Å². The quantitative estimate of drug-likeness (QED) is 0.197. The molecule has 0 spiro atoms. The third-order valence-corrected chi connectivity index (χ3v) is 9.95. The summed E-state index contributed by atoms with van der Waals surface area (Å²) >= 11 is -0.0869. The van der Waals surface area contributed by atoms with Gasteiger partial charge < -0.3 is 0 Å². The normalized spacial score (nSPS) is 34.1. The summed E-state index contributed by atoms with van der Waals surface area (Å²) in [7, 11) is 1.58. The Labute approximate surface area is 243 Å². The minimum absolute atomic E-state index is 0.0317. The zero-order chi connectivity index (χ0) is 29.8. The van der Waals surface area contributed by atoms with Crippen molar-refractivity contribution in [1.82, 2.24) is 0 Å². The molecule has 0 radical (unpaired) electrons. The fourth-order valence-corrected chi connectivity index (χ4v) is 8.50. The van der Waals surface area contributed by atoms with Crippen molar-refractivity contribution in [3.05, 3.63) is 30.3 Å². The molecular weight excluding hydrogens is 607 g/mol. The van der Waals surface area contributed by atoms with Gasteiger partial charge in [0.2, 0.25) is 0 Å². The number of Topliss-reactive ketones (excluding diaryl/α,β-unsaturated/α-hetero) is 1. The van der Waals surface area contributed by atoms with Crippen LogP contribution in [0.4, 0.5) is 0 Å². The van der Waals surface area contributed by atoms with Crippen LogP contribution in [0.1, 0.15) is 34.1 Å². The van der Waals surface area contributed by atoms with Gasteiger partial charge in [0.15, 0.2) is 0 Å². The fraction of sp³-hybridized carbons (Fsp3) is 0.607. The van der Waals surface area contributed by atoms with E-state index in [2.05, 4.69) is 0 Å². The molecule has 2 bridgehead atoms. The Hall–Kier alpha value is -2.83. The summed E-state index contributed by atoms with van der Waals surface area (Å²) in [4.78, 5) is 61.3.